The molecule has 1 aliphatic rings. The Balaban J connectivity index is 1.36. The zero-order valence-electron chi connectivity index (χ0n) is 20.0. The maximum Gasteiger partial charge on any atom is 0.259 e. The van der Waals surface area contributed by atoms with Gasteiger partial charge in [-0.15, -0.1) is 11.3 Å². The van der Waals surface area contributed by atoms with E-state index in [0.29, 0.717) is 0 Å². The average molecular weight is 490 g/mol. The summed E-state index contributed by atoms with van der Waals surface area (Å²) in [6, 6.07) is 28.6. The lowest BCUT2D eigenvalue weighted by Gasteiger charge is -2.12. The molecule has 3 aromatic carbocycles. The minimum atomic E-state index is -0.0701. The van der Waals surface area contributed by atoms with Crippen molar-refractivity contribution < 1.29 is 4.79 Å². The summed E-state index contributed by atoms with van der Waals surface area (Å²) < 4.78 is 2.27. The minimum absolute atomic E-state index is 0.0701. The molecule has 178 valence electrons. The van der Waals surface area contributed by atoms with Gasteiger partial charge in [0.1, 0.15) is 5.00 Å². The van der Waals surface area contributed by atoms with Crippen LogP contribution in [0.25, 0.3) is 10.9 Å². The molecule has 5 aromatic rings. The molecule has 5 heteroatoms. The molecule has 6 rings (SSSR count). The number of nitrogens with one attached hydrogen (secondary N) is 1. The Kier molecular flexibility index (Phi) is 6.22. The summed E-state index contributed by atoms with van der Waals surface area (Å²) >= 11 is 1.67. The Labute approximate surface area is 214 Å². The third-order valence-electron chi connectivity index (χ3n) is 6.75. The van der Waals surface area contributed by atoms with E-state index in [1.165, 1.54) is 27.9 Å². The SMILES string of the molecule is O=C(Nc1ccccc1)c1c(N=Cc2cn(Cc3ccccc3)c3ccccc23)sc2c1CCCC2. The molecule has 0 atom stereocenters. The number of benzene rings is 3. The number of anilines is 1. The van der Waals surface area contributed by atoms with Gasteiger partial charge in [-0.3, -0.25) is 4.79 Å². The first-order valence-corrected chi connectivity index (χ1v) is 13.2. The molecule has 0 bridgehead atoms. The largest absolute Gasteiger partial charge is 0.342 e. The second-order valence-electron chi connectivity index (χ2n) is 9.18. The fourth-order valence-corrected chi connectivity index (χ4v) is 6.24. The van der Waals surface area contributed by atoms with Crippen LogP contribution in [-0.4, -0.2) is 16.7 Å². The molecule has 1 N–H and O–H groups in total. The highest BCUT2D eigenvalue weighted by Gasteiger charge is 2.25. The van der Waals surface area contributed by atoms with E-state index in [1.54, 1.807) is 11.3 Å². The molecular formula is C31H27N3OS. The molecule has 0 spiro atoms. The first-order valence-electron chi connectivity index (χ1n) is 12.4. The number of aryl methyl sites for hydroxylation is 1. The molecule has 0 saturated heterocycles. The van der Waals surface area contributed by atoms with Crippen molar-refractivity contribution in [2.75, 3.05) is 5.32 Å². The van der Waals surface area contributed by atoms with Crippen LogP contribution in [0.1, 0.15) is 44.8 Å². The maximum absolute atomic E-state index is 13.4. The zero-order valence-corrected chi connectivity index (χ0v) is 20.8. The van der Waals surface area contributed by atoms with Gasteiger partial charge in [0.15, 0.2) is 0 Å². The second kappa shape index (κ2) is 9.96. The van der Waals surface area contributed by atoms with E-state index in [4.69, 9.17) is 4.99 Å². The van der Waals surface area contributed by atoms with Crippen molar-refractivity contribution in [2.24, 2.45) is 4.99 Å². The minimum Gasteiger partial charge on any atom is -0.342 e. The molecule has 1 amide bonds. The quantitative estimate of drug-likeness (QED) is 0.245. The summed E-state index contributed by atoms with van der Waals surface area (Å²) in [5, 5.41) is 5.05. The molecule has 4 nitrogen and oxygen atoms in total. The van der Waals surface area contributed by atoms with Crippen molar-refractivity contribution in [2.45, 2.75) is 32.2 Å². The summed E-state index contributed by atoms with van der Waals surface area (Å²) in [7, 11) is 0. The lowest BCUT2D eigenvalue weighted by Crippen LogP contribution is -2.14. The number of aromatic nitrogens is 1. The van der Waals surface area contributed by atoms with E-state index in [2.05, 4.69) is 64.6 Å². The number of amides is 1. The zero-order chi connectivity index (χ0) is 24.3. The average Bonchev–Trinajstić information content (AvgIpc) is 3.47. The normalized spacial score (nSPS) is 13.2. The molecule has 1 aliphatic carbocycles. The van der Waals surface area contributed by atoms with Gasteiger partial charge < -0.3 is 9.88 Å². The number of nitrogens with zero attached hydrogens (tertiary/aromatic N) is 2. The molecule has 0 radical (unpaired) electrons. The van der Waals surface area contributed by atoms with E-state index in [-0.39, 0.29) is 5.91 Å². The van der Waals surface area contributed by atoms with Crippen molar-refractivity contribution in [1.82, 2.24) is 4.57 Å². The Hall–Kier alpha value is -3.96. The lowest BCUT2D eigenvalue weighted by atomic mass is 9.95. The van der Waals surface area contributed by atoms with Crippen LogP contribution in [-0.2, 0) is 19.4 Å². The number of fused-ring (bicyclic) bond motifs is 2. The van der Waals surface area contributed by atoms with Gasteiger partial charge in [0.25, 0.3) is 5.91 Å². The number of aliphatic imine (C=N–C) groups is 1. The van der Waals surface area contributed by atoms with Crippen molar-refractivity contribution in [3.8, 4) is 0 Å². The van der Waals surface area contributed by atoms with Crippen LogP contribution in [0.3, 0.4) is 0 Å². The van der Waals surface area contributed by atoms with Gasteiger partial charge in [-0.2, -0.15) is 0 Å². The summed E-state index contributed by atoms with van der Waals surface area (Å²) in [5.41, 5.74) is 6.21. The molecule has 0 unspecified atom stereocenters. The lowest BCUT2D eigenvalue weighted by molar-refractivity contribution is 0.102. The van der Waals surface area contributed by atoms with E-state index in [1.807, 2.05) is 42.6 Å². The third-order valence-corrected chi connectivity index (χ3v) is 7.95. The van der Waals surface area contributed by atoms with Crippen LogP contribution in [0.2, 0.25) is 0 Å². The number of para-hydroxylation sites is 2. The highest BCUT2D eigenvalue weighted by molar-refractivity contribution is 7.16. The topological polar surface area (TPSA) is 46.4 Å². The second-order valence-corrected chi connectivity index (χ2v) is 10.3. The molecule has 0 fully saturated rings. The first-order chi connectivity index (χ1) is 17.8. The summed E-state index contributed by atoms with van der Waals surface area (Å²) in [4.78, 5) is 19.7. The Morgan fingerprint density at radius 1 is 0.917 bits per heavy atom. The van der Waals surface area contributed by atoms with Crippen LogP contribution in [0, 0.1) is 0 Å². The predicted octanol–water partition coefficient (Wildman–Crippen LogP) is 7.63. The molecule has 2 aromatic heterocycles. The molecule has 36 heavy (non-hydrogen) atoms. The number of hydrogen-bond acceptors (Lipinski definition) is 3. The van der Waals surface area contributed by atoms with Crippen LogP contribution >= 0.6 is 11.3 Å². The molecular weight excluding hydrogens is 462 g/mol. The van der Waals surface area contributed by atoms with Crippen LogP contribution < -0.4 is 5.32 Å². The Morgan fingerprint density at radius 2 is 1.64 bits per heavy atom. The number of carbonyl (C=O) groups excluding carboxylic acids is 1. The van der Waals surface area contributed by atoms with E-state index in [9.17, 15) is 4.79 Å². The number of carbonyl (C=O) groups is 1. The highest BCUT2D eigenvalue weighted by atomic mass is 32.1. The number of hydrogen-bond donors (Lipinski definition) is 1. The molecule has 2 heterocycles. The standard InChI is InChI=1S/C31H27N3OS/c35-30(33-24-13-5-2-6-14-24)29-26-16-8-10-18-28(26)36-31(29)32-19-23-21-34(20-22-11-3-1-4-12-22)27-17-9-7-15-25(23)27/h1-7,9,11-15,17,19,21H,8,10,16,18,20H2,(H,33,35). The van der Waals surface area contributed by atoms with Gasteiger partial charge in [-0.1, -0.05) is 66.7 Å². The van der Waals surface area contributed by atoms with Crippen LogP contribution in [0.4, 0.5) is 10.7 Å². The Bertz CT molecular complexity index is 1550. The smallest absolute Gasteiger partial charge is 0.259 e. The Morgan fingerprint density at radius 3 is 2.47 bits per heavy atom. The summed E-state index contributed by atoms with van der Waals surface area (Å²) in [5.74, 6) is -0.0701. The predicted molar refractivity (Wildman–Crippen MR) is 150 cm³/mol. The summed E-state index contributed by atoms with van der Waals surface area (Å²) in [6.45, 7) is 0.799. The van der Waals surface area contributed by atoms with Crippen molar-refractivity contribution in [1.29, 1.82) is 0 Å². The van der Waals surface area contributed by atoms with Crippen molar-refractivity contribution >= 4 is 45.0 Å². The highest BCUT2D eigenvalue weighted by Crippen LogP contribution is 2.40. The number of rotatable bonds is 6. The van der Waals surface area contributed by atoms with Crippen molar-refractivity contribution in [3.05, 3.63) is 118 Å². The third kappa shape index (κ3) is 4.50. The van der Waals surface area contributed by atoms with Gasteiger partial charge in [0.05, 0.1) is 5.56 Å². The monoisotopic (exact) mass is 489 g/mol. The van der Waals surface area contributed by atoms with Gasteiger partial charge >= 0.3 is 0 Å². The van der Waals surface area contributed by atoms with Crippen LogP contribution in [0.15, 0.2) is 96.1 Å². The maximum atomic E-state index is 13.4. The van der Waals surface area contributed by atoms with Crippen LogP contribution in [0.5, 0.6) is 0 Å². The van der Waals surface area contributed by atoms with Gasteiger partial charge in [-0.25, -0.2) is 4.99 Å². The van der Waals surface area contributed by atoms with Crippen molar-refractivity contribution in [3.63, 3.8) is 0 Å². The first kappa shape index (κ1) is 22.5. The summed E-state index contributed by atoms with van der Waals surface area (Å²) in [6.07, 6.45) is 8.35. The molecule has 0 saturated carbocycles. The van der Waals surface area contributed by atoms with E-state index < -0.39 is 0 Å². The van der Waals surface area contributed by atoms with E-state index in [0.717, 1.165) is 53.0 Å². The fraction of sp³-hybridized carbons (Fsp3) is 0.161. The number of thiophene rings is 1. The van der Waals surface area contributed by atoms with Gasteiger partial charge in [0.2, 0.25) is 0 Å². The molecule has 0 aliphatic heterocycles. The van der Waals surface area contributed by atoms with E-state index >= 15 is 0 Å². The van der Waals surface area contributed by atoms with Gasteiger partial charge in [0, 0.05) is 46.0 Å². The van der Waals surface area contributed by atoms with Gasteiger partial charge in [-0.05, 0) is 55.0 Å². The fourth-order valence-electron chi connectivity index (χ4n) is 5.01.